The topological polar surface area (TPSA) is 87.0 Å². The number of carbonyl (C=O) groups excluding carboxylic acids is 1. The van der Waals surface area contributed by atoms with E-state index in [0.29, 0.717) is 28.5 Å². The first kappa shape index (κ1) is 22.0. The van der Waals surface area contributed by atoms with E-state index in [0.717, 1.165) is 0 Å². The Morgan fingerprint density at radius 2 is 1.84 bits per heavy atom. The molecule has 0 saturated carbocycles. The van der Waals surface area contributed by atoms with Crippen LogP contribution in [0.4, 0.5) is 25.8 Å². The van der Waals surface area contributed by atoms with E-state index in [1.165, 1.54) is 31.4 Å². The summed E-state index contributed by atoms with van der Waals surface area (Å²) in [5.74, 6) is -1.94. The van der Waals surface area contributed by atoms with Crippen LogP contribution in [0.5, 0.6) is 5.88 Å². The lowest BCUT2D eigenvalue weighted by Crippen LogP contribution is -2.18. The summed E-state index contributed by atoms with van der Waals surface area (Å²) in [6.07, 6.45) is 0. The number of hydrogen-bond acceptors (Lipinski definition) is 5. The zero-order chi connectivity index (χ0) is 22.7. The smallest absolute Gasteiger partial charge is 0.260 e. The molecule has 3 aromatic rings. The second kappa shape index (κ2) is 8.98. The maximum absolute atomic E-state index is 15.1. The number of aromatic nitrogens is 1. The number of ether oxygens (including phenoxy) is 1. The third-order valence-electron chi connectivity index (χ3n) is 4.53. The standard InChI is InChI=1S/C22H17ClF2N4O2/c1-11-8-14(24)4-5-15(11)28-17-9-13(10-26)20(23)21(25)19(17)22(30)29-16-6-7-18(31-3)27-12(16)2/h4-9,28H,1-3H3,(H,29,30). The van der Waals surface area contributed by atoms with Crippen molar-refractivity contribution in [1.82, 2.24) is 4.98 Å². The second-order valence-corrected chi connectivity index (χ2v) is 6.99. The van der Waals surface area contributed by atoms with Gasteiger partial charge in [0.1, 0.15) is 17.4 Å². The Kier molecular flexibility index (Phi) is 6.37. The van der Waals surface area contributed by atoms with Crippen molar-refractivity contribution in [3.63, 3.8) is 0 Å². The van der Waals surface area contributed by atoms with Crippen molar-refractivity contribution >= 4 is 34.6 Å². The van der Waals surface area contributed by atoms with Crippen molar-refractivity contribution in [3.8, 4) is 11.9 Å². The molecule has 0 saturated heterocycles. The highest BCUT2D eigenvalue weighted by Crippen LogP contribution is 2.33. The number of pyridine rings is 1. The third kappa shape index (κ3) is 4.57. The van der Waals surface area contributed by atoms with Crippen LogP contribution in [0.15, 0.2) is 36.4 Å². The van der Waals surface area contributed by atoms with Gasteiger partial charge in [0, 0.05) is 11.8 Å². The highest BCUT2D eigenvalue weighted by molar-refractivity contribution is 6.32. The highest BCUT2D eigenvalue weighted by atomic mass is 35.5. The number of nitrogens with one attached hydrogen (secondary N) is 2. The molecule has 6 nitrogen and oxygen atoms in total. The Labute approximate surface area is 182 Å². The number of methoxy groups -OCH3 is 1. The van der Waals surface area contributed by atoms with Crippen LogP contribution in [0, 0.1) is 36.8 Å². The number of hydrogen-bond donors (Lipinski definition) is 2. The zero-order valence-corrected chi connectivity index (χ0v) is 17.6. The molecule has 0 bridgehead atoms. The lowest BCUT2D eigenvalue weighted by molar-refractivity contribution is 0.102. The molecule has 0 atom stereocenters. The number of amides is 1. The summed E-state index contributed by atoms with van der Waals surface area (Å²) in [4.78, 5) is 17.2. The Hall–Kier alpha value is -3.70. The molecule has 0 aliphatic heterocycles. The van der Waals surface area contributed by atoms with Gasteiger partial charge < -0.3 is 15.4 Å². The van der Waals surface area contributed by atoms with E-state index >= 15 is 4.39 Å². The van der Waals surface area contributed by atoms with Gasteiger partial charge in [-0.1, -0.05) is 11.6 Å². The monoisotopic (exact) mass is 442 g/mol. The minimum atomic E-state index is -1.06. The van der Waals surface area contributed by atoms with Crippen molar-refractivity contribution in [2.24, 2.45) is 0 Å². The SMILES string of the molecule is COc1ccc(NC(=O)c2c(Nc3ccc(F)cc3C)cc(C#N)c(Cl)c2F)c(C)n1. The quantitative estimate of drug-likeness (QED) is 0.544. The van der Waals surface area contributed by atoms with Crippen LogP contribution in [0.25, 0.3) is 0 Å². The van der Waals surface area contributed by atoms with E-state index < -0.39 is 28.1 Å². The van der Waals surface area contributed by atoms with Gasteiger partial charge in [0.2, 0.25) is 5.88 Å². The van der Waals surface area contributed by atoms with Crippen LogP contribution in [0.2, 0.25) is 5.02 Å². The molecule has 0 unspecified atom stereocenters. The van der Waals surface area contributed by atoms with Gasteiger partial charge >= 0.3 is 0 Å². The lowest BCUT2D eigenvalue weighted by Gasteiger charge is -2.17. The van der Waals surface area contributed by atoms with Crippen molar-refractivity contribution in [3.05, 3.63) is 75.4 Å². The van der Waals surface area contributed by atoms with Gasteiger partial charge in [-0.25, -0.2) is 13.8 Å². The Morgan fingerprint density at radius 3 is 2.45 bits per heavy atom. The molecular formula is C22H17ClF2N4O2. The molecule has 1 heterocycles. The van der Waals surface area contributed by atoms with Crippen LogP contribution >= 0.6 is 11.6 Å². The number of anilines is 3. The van der Waals surface area contributed by atoms with Gasteiger partial charge in [-0.3, -0.25) is 4.79 Å². The van der Waals surface area contributed by atoms with E-state index in [-0.39, 0.29) is 11.3 Å². The van der Waals surface area contributed by atoms with Crippen LogP contribution in [-0.2, 0) is 0 Å². The third-order valence-corrected chi connectivity index (χ3v) is 4.90. The molecule has 2 aromatic carbocycles. The predicted octanol–water partition coefficient (Wildman–Crippen LogP) is 5.51. The summed E-state index contributed by atoms with van der Waals surface area (Å²) in [6, 6.07) is 10.1. The number of carbonyl (C=O) groups is 1. The van der Waals surface area contributed by atoms with E-state index in [1.807, 2.05) is 0 Å². The number of benzene rings is 2. The van der Waals surface area contributed by atoms with Crippen molar-refractivity contribution in [1.29, 1.82) is 5.26 Å². The van der Waals surface area contributed by atoms with Gasteiger partial charge in [0.05, 0.1) is 34.8 Å². The number of nitriles is 1. The normalized spacial score (nSPS) is 10.4. The fraction of sp³-hybridized carbons (Fsp3) is 0.136. The fourth-order valence-corrected chi connectivity index (χ4v) is 3.10. The molecule has 0 aliphatic carbocycles. The van der Waals surface area contributed by atoms with Crippen LogP contribution < -0.4 is 15.4 Å². The van der Waals surface area contributed by atoms with E-state index in [9.17, 15) is 14.4 Å². The minimum absolute atomic E-state index is 0.00443. The predicted molar refractivity (Wildman–Crippen MR) is 114 cm³/mol. The van der Waals surface area contributed by atoms with Gasteiger partial charge in [-0.15, -0.1) is 0 Å². The van der Waals surface area contributed by atoms with E-state index in [2.05, 4.69) is 15.6 Å². The number of nitrogens with zero attached hydrogens (tertiary/aromatic N) is 2. The zero-order valence-electron chi connectivity index (χ0n) is 16.8. The maximum Gasteiger partial charge on any atom is 0.260 e. The first-order valence-electron chi connectivity index (χ1n) is 9.03. The van der Waals surface area contributed by atoms with Gasteiger partial charge in [0.25, 0.3) is 5.91 Å². The van der Waals surface area contributed by atoms with Crippen molar-refractivity contribution in [2.45, 2.75) is 13.8 Å². The van der Waals surface area contributed by atoms with Crippen LogP contribution in [0.1, 0.15) is 27.2 Å². The lowest BCUT2D eigenvalue weighted by atomic mass is 10.1. The Bertz CT molecular complexity index is 1230. The largest absolute Gasteiger partial charge is 0.481 e. The second-order valence-electron chi connectivity index (χ2n) is 6.61. The number of halogens is 3. The first-order chi connectivity index (χ1) is 14.7. The summed E-state index contributed by atoms with van der Waals surface area (Å²) in [6.45, 7) is 3.30. The Morgan fingerprint density at radius 1 is 1.13 bits per heavy atom. The minimum Gasteiger partial charge on any atom is -0.481 e. The summed E-state index contributed by atoms with van der Waals surface area (Å²) in [5, 5.41) is 14.3. The molecule has 0 fully saturated rings. The van der Waals surface area contributed by atoms with E-state index in [1.54, 1.807) is 32.0 Å². The maximum atomic E-state index is 15.1. The highest BCUT2D eigenvalue weighted by Gasteiger charge is 2.24. The molecule has 9 heteroatoms. The summed E-state index contributed by atoms with van der Waals surface area (Å²) in [7, 11) is 1.46. The Balaban J connectivity index is 2.06. The van der Waals surface area contributed by atoms with Gasteiger partial charge in [0.15, 0.2) is 5.82 Å². The molecule has 3 rings (SSSR count). The molecular weight excluding hydrogens is 426 g/mol. The molecule has 0 spiro atoms. The average Bonchev–Trinajstić information content (AvgIpc) is 2.73. The molecule has 158 valence electrons. The molecule has 1 aromatic heterocycles. The summed E-state index contributed by atoms with van der Waals surface area (Å²) in [5.41, 5.74) is 1.21. The van der Waals surface area contributed by atoms with Gasteiger partial charge in [-0.05, 0) is 49.7 Å². The molecule has 0 radical (unpaired) electrons. The van der Waals surface area contributed by atoms with Crippen molar-refractivity contribution in [2.75, 3.05) is 17.7 Å². The molecule has 2 N–H and O–H groups in total. The average molecular weight is 443 g/mol. The first-order valence-corrected chi connectivity index (χ1v) is 9.41. The molecule has 1 amide bonds. The summed E-state index contributed by atoms with van der Waals surface area (Å²) >= 11 is 5.96. The molecule has 0 aliphatic rings. The van der Waals surface area contributed by atoms with E-state index in [4.69, 9.17) is 16.3 Å². The summed E-state index contributed by atoms with van der Waals surface area (Å²) < 4.78 is 33.5. The number of aryl methyl sites for hydroxylation is 2. The fourth-order valence-electron chi connectivity index (χ4n) is 2.91. The van der Waals surface area contributed by atoms with Crippen LogP contribution in [-0.4, -0.2) is 18.0 Å². The van der Waals surface area contributed by atoms with Crippen LogP contribution in [0.3, 0.4) is 0 Å². The van der Waals surface area contributed by atoms with Gasteiger partial charge in [-0.2, -0.15) is 5.26 Å². The van der Waals surface area contributed by atoms with Crippen molar-refractivity contribution < 1.29 is 18.3 Å². The number of rotatable bonds is 5. The molecule has 31 heavy (non-hydrogen) atoms.